The number of ether oxygens (including phenoxy) is 1. The molecule has 1 rings (SSSR count). The second-order valence-corrected chi connectivity index (χ2v) is 4.71. The fourth-order valence-electron chi connectivity index (χ4n) is 1.91. The maximum atomic E-state index is 11.4. The van der Waals surface area contributed by atoms with Crippen molar-refractivity contribution in [2.45, 2.75) is 46.2 Å². The third-order valence-electron chi connectivity index (χ3n) is 2.89. The first kappa shape index (κ1) is 14.7. The van der Waals surface area contributed by atoms with Gasteiger partial charge in [0.1, 0.15) is 0 Å². The minimum Gasteiger partial charge on any atom is -0.466 e. The normalized spacial score (nSPS) is 14.0. The molecule has 0 aromatic heterocycles. The highest BCUT2D eigenvalue weighted by Crippen LogP contribution is 2.14. The molecule has 2 atom stereocenters. The quantitative estimate of drug-likeness (QED) is 0.788. The lowest BCUT2D eigenvalue weighted by atomic mass is 10.1. The topological polar surface area (TPSA) is 38.3 Å². The van der Waals surface area contributed by atoms with Gasteiger partial charge in [0, 0.05) is 12.1 Å². The Morgan fingerprint density at radius 3 is 2.44 bits per heavy atom. The van der Waals surface area contributed by atoms with Gasteiger partial charge in [-0.25, -0.2) is 0 Å². The molecule has 1 aromatic carbocycles. The van der Waals surface area contributed by atoms with Gasteiger partial charge in [0.2, 0.25) is 0 Å². The largest absolute Gasteiger partial charge is 0.466 e. The van der Waals surface area contributed by atoms with E-state index in [1.165, 1.54) is 11.1 Å². The Bertz CT molecular complexity index is 373. The lowest BCUT2D eigenvalue weighted by Crippen LogP contribution is -2.31. The van der Waals surface area contributed by atoms with Gasteiger partial charge in [0.25, 0.3) is 0 Å². The summed E-state index contributed by atoms with van der Waals surface area (Å²) in [5.74, 6) is -0.145. The summed E-state index contributed by atoms with van der Waals surface area (Å²) in [4.78, 5) is 11.4. The van der Waals surface area contributed by atoms with Crippen LogP contribution >= 0.6 is 0 Å². The number of carbonyl (C=O) groups is 1. The first-order valence-electron chi connectivity index (χ1n) is 6.51. The van der Waals surface area contributed by atoms with E-state index in [1.54, 1.807) is 0 Å². The highest BCUT2D eigenvalue weighted by atomic mass is 16.5. The van der Waals surface area contributed by atoms with Crippen LogP contribution in [0, 0.1) is 6.92 Å². The molecule has 0 radical (unpaired) electrons. The highest BCUT2D eigenvalue weighted by molar-refractivity contribution is 5.70. The Kier molecular flexibility index (Phi) is 5.86. The number of hydrogen-bond acceptors (Lipinski definition) is 3. The van der Waals surface area contributed by atoms with Crippen LogP contribution in [0.5, 0.6) is 0 Å². The molecule has 0 aliphatic rings. The minimum atomic E-state index is -0.145. The molecule has 0 fully saturated rings. The molecule has 18 heavy (non-hydrogen) atoms. The monoisotopic (exact) mass is 249 g/mol. The van der Waals surface area contributed by atoms with Gasteiger partial charge in [-0.2, -0.15) is 0 Å². The maximum Gasteiger partial charge on any atom is 0.307 e. The smallest absolute Gasteiger partial charge is 0.307 e. The van der Waals surface area contributed by atoms with Crippen LogP contribution in [-0.4, -0.2) is 18.6 Å². The van der Waals surface area contributed by atoms with Gasteiger partial charge in [-0.1, -0.05) is 29.8 Å². The van der Waals surface area contributed by atoms with Crippen LogP contribution in [0.4, 0.5) is 0 Å². The average molecular weight is 249 g/mol. The zero-order valence-corrected chi connectivity index (χ0v) is 11.7. The van der Waals surface area contributed by atoms with E-state index in [1.807, 2.05) is 13.8 Å². The molecular weight excluding hydrogens is 226 g/mol. The third kappa shape index (κ3) is 4.88. The lowest BCUT2D eigenvalue weighted by Gasteiger charge is -2.20. The number of esters is 1. The maximum absolute atomic E-state index is 11.4. The molecule has 100 valence electrons. The number of aryl methyl sites for hydroxylation is 1. The minimum absolute atomic E-state index is 0.111. The van der Waals surface area contributed by atoms with E-state index in [4.69, 9.17) is 4.74 Å². The van der Waals surface area contributed by atoms with Crippen molar-refractivity contribution in [1.82, 2.24) is 5.32 Å². The predicted molar refractivity (Wildman–Crippen MR) is 73.4 cm³/mol. The van der Waals surface area contributed by atoms with Crippen molar-refractivity contribution in [3.8, 4) is 0 Å². The highest BCUT2D eigenvalue weighted by Gasteiger charge is 2.13. The molecular formula is C15H23NO2. The van der Waals surface area contributed by atoms with Gasteiger partial charge < -0.3 is 10.1 Å². The Balaban J connectivity index is 2.46. The Hall–Kier alpha value is -1.35. The standard InChI is InChI=1S/C15H23NO2/c1-5-18-15(17)10-12(3)16-13(4)14-8-6-11(2)7-9-14/h6-9,12-13,16H,5,10H2,1-4H3/t12?,13-/m0/s1. The summed E-state index contributed by atoms with van der Waals surface area (Å²) in [7, 11) is 0. The Morgan fingerprint density at radius 1 is 1.28 bits per heavy atom. The van der Waals surface area contributed by atoms with Gasteiger partial charge in [-0.3, -0.25) is 4.79 Å². The Labute approximate surface area is 110 Å². The molecule has 0 bridgehead atoms. The SMILES string of the molecule is CCOC(=O)CC(C)N[C@@H](C)c1ccc(C)cc1. The van der Waals surface area contributed by atoms with Gasteiger partial charge in [0.15, 0.2) is 0 Å². The molecule has 3 heteroatoms. The average Bonchev–Trinajstić information content (AvgIpc) is 2.29. The second kappa shape index (κ2) is 7.17. The molecule has 0 saturated heterocycles. The zero-order valence-electron chi connectivity index (χ0n) is 11.7. The molecule has 0 spiro atoms. The van der Waals surface area contributed by atoms with E-state index >= 15 is 0 Å². The molecule has 0 aliphatic heterocycles. The van der Waals surface area contributed by atoms with E-state index in [-0.39, 0.29) is 18.1 Å². The molecule has 1 N–H and O–H groups in total. The molecule has 1 aromatic rings. The van der Waals surface area contributed by atoms with Crippen LogP contribution in [0.3, 0.4) is 0 Å². The summed E-state index contributed by atoms with van der Waals surface area (Å²) in [6.45, 7) is 8.45. The number of benzene rings is 1. The van der Waals surface area contributed by atoms with Gasteiger partial charge in [-0.05, 0) is 33.3 Å². The van der Waals surface area contributed by atoms with Crippen LogP contribution in [-0.2, 0) is 9.53 Å². The van der Waals surface area contributed by atoms with E-state index in [2.05, 4.69) is 43.4 Å². The lowest BCUT2D eigenvalue weighted by molar-refractivity contribution is -0.143. The van der Waals surface area contributed by atoms with E-state index in [0.29, 0.717) is 13.0 Å². The van der Waals surface area contributed by atoms with Gasteiger partial charge in [-0.15, -0.1) is 0 Å². The summed E-state index contributed by atoms with van der Waals surface area (Å²) in [6, 6.07) is 8.77. The van der Waals surface area contributed by atoms with E-state index in [9.17, 15) is 4.79 Å². The van der Waals surface area contributed by atoms with Crippen molar-refractivity contribution in [1.29, 1.82) is 0 Å². The van der Waals surface area contributed by atoms with Crippen molar-refractivity contribution >= 4 is 5.97 Å². The van der Waals surface area contributed by atoms with Crippen LogP contribution in [0.15, 0.2) is 24.3 Å². The summed E-state index contributed by atoms with van der Waals surface area (Å²) in [5.41, 5.74) is 2.49. The van der Waals surface area contributed by atoms with E-state index in [0.717, 1.165) is 0 Å². The first-order valence-corrected chi connectivity index (χ1v) is 6.51. The summed E-state index contributed by atoms with van der Waals surface area (Å²) in [5, 5.41) is 3.40. The van der Waals surface area contributed by atoms with Crippen molar-refractivity contribution < 1.29 is 9.53 Å². The van der Waals surface area contributed by atoms with Crippen molar-refractivity contribution in [2.75, 3.05) is 6.61 Å². The first-order chi connectivity index (χ1) is 8.52. The number of nitrogens with one attached hydrogen (secondary N) is 1. The van der Waals surface area contributed by atoms with Crippen molar-refractivity contribution in [3.05, 3.63) is 35.4 Å². The third-order valence-corrected chi connectivity index (χ3v) is 2.89. The van der Waals surface area contributed by atoms with Crippen molar-refractivity contribution in [2.24, 2.45) is 0 Å². The van der Waals surface area contributed by atoms with Gasteiger partial charge >= 0.3 is 5.97 Å². The van der Waals surface area contributed by atoms with Crippen LogP contribution < -0.4 is 5.32 Å². The number of carbonyl (C=O) groups excluding carboxylic acids is 1. The zero-order chi connectivity index (χ0) is 13.5. The summed E-state index contributed by atoms with van der Waals surface area (Å²) in [6.07, 6.45) is 0.407. The number of hydrogen-bond donors (Lipinski definition) is 1. The van der Waals surface area contributed by atoms with E-state index < -0.39 is 0 Å². The fourth-order valence-corrected chi connectivity index (χ4v) is 1.91. The van der Waals surface area contributed by atoms with Crippen LogP contribution in [0.2, 0.25) is 0 Å². The Morgan fingerprint density at radius 2 is 1.89 bits per heavy atom. The summed E-state index contributed by atoms with van der Waals surface area (Å²) >= 11 is 0. The molecule has 1 unspecified atom stereocenters. The summed E-state index contributed by atoms with van der Waals surface area (Å²) < 4.78 is 4.94. The molecule has 0 amide bonds. The second-order valence-electron chi connectivity index (χ2n) is 4.71. The molecule has 0 saturated carbocycles. The van der Waals surface area contributed by atoms with Gasteiger partial charge in [0.05, 0.1) is 13.0 Å². The molecule has 3 nitrogen and oxygen atoms in total. The number of rotatable bonds is 6. The molecule has 0 heterocycles. The predicted octanol–water partition coefficient (Wildman–Crippen LogP) is 2.99. The fraction of sp³-hybridized carbons (Fsp3) is 0.533. The van der Waals surface area contributed by atoms with Crippen LogP contribution in [0.25, 0.3) is 0 Å². The van der Waals surface area contributed by atoms with Crippen molar-refractivity contribution in [3.63, 3.8) is 0 Å². The molecule has 0 aliphatic carbocycles. The van der Waals surface area contributed by atoms with Crippen LogP contribution in [0.1, 0.15) is 44.4 Å².